The maximum absolute atomic E-state index is 12.8. The number of benzene rings is 2. The van der Waals surface area contributed by atoms with E-state index < -0.39 is 0 Å². The van der Waals surface area contributed by atoms with Crippen LogP contribution >= 0.6 is 0 Å². The number of hydrogen-bond acceptors (Lipinski definition) is 4. The van der Waals surface area contributed by atoms with Crippen molar-refractivity contribution < 1.29 is 4.79 Å². The number of aromatic nitrogens is 2. The number of nitrogens with one attached hydrogen (secondary N) is 1. The number of carbonyl (C=O) groups is 1. The highest BCUT2D eigenvalue weighted by atomic mass is 16.1. The molecule has 5 heteroatoms. The quantitative estimate of drug-likeness (QED) is 0.754. The first-order chi connectivity index (χ1) is 13.5. The maximum Gasteiger partial charge on any atom is 0.251 e. The van der Waals surface area contributed by atoms with Crippen LogP contribution in [-0.2, 0) is 0 Å². The molecular formula is C23H26N4O. The maximum atomic E-state index is 12.8. The van der Waals surface area contributed by atoms with Crippen LogP contribution in [0, 0.1) is 13.8 Å². The molecule has 28 heavy (non-hydrogen) atoms. The molecule has 0 aliphatic carbocycles. The first kappa shape index (κ1) is 18.6. The van der Waals surface area contributed by atoms with Gasteiger partial charge in [0.1, 0.15) is 0 Å². The predicted molar refractivity (Wildman–Crippen MR) is 111 cm³/mol. The highest BCUT2D eigenvalue weighted by Crippen LogP contribution is 2.24. The summed E-state index contributed by atoms with van der Waals surface area (Å²) in [5.41, 5.74) is 5.35. The average molecular weight is 374 g/mol. The molecule has 1 aromatic heterocycles. The molecule has 2 atom stereocenters. The van der Waals surface area contributed by atoms with E-state index >= 15 is 0 Å². The lowest BCUT2D eigenvalue weighted by Crippen LogP contribution is -2.37. The van der Waals surface area contributed by atoms with Crippen molar-refractivity contribution in [3.63, 3.8) is 0 Å². The fourth-order valence-electron chi connectivity index (χ4n) is 3.84. The zero-order valence-corrected chi connectivity index (χ0v) is 16.6. The van der Waals surface area contributed by atoms with E-state index in [0.717, 1.165) is 41.9 Å². The van der Waals surface area contributed by atoms with E-state index in [2.05, 4.69) is 51.4 Å². The van der Waals surface area contributed by atoms with Gasteiger partial charge < -0.3 is 5.32 Å². The van der Waals surface area contributed by atoms with Crippen LogP contribution < -0.4 is 5.32 Å². The highest BCUT2D eigenvalue weighted by molar-refractivity contribution is 5.97. The summed E-state index contributed by atoms with van der Waals surface area (Å²) in [6.45, 7) is 7.97. The Morgan fingerprint density at radius 1 is 1.07 bits per heavy atom. The Morgan fingerprint density at radius 3 is 2.54 bits per heavy atom. The Hall–Kier alpha value is -2.79. The lowest BCUT2D eigenvalue weighted by molar-refractivity contribution is 0.0936. The Labute approximate surface area is 165 Å². The smallest absolute Gasteiger partial charge is 0.251 e. The molecule has 1 N–H and O–H groups in total. The summed E-state index contributed by atoms with van der Waals surface area (Å²) in [6.07, 6.45) is 0.967. The molecule has 2 heterocycles. The van der Waals surface area contributed by atoms with Gasteiger partial charge in [0.15, 0.2) is 0 Å². The van der Waals surface area contributed by atoms with Crippen molar-refractivity contribution in [3.8, 4) is 0 Å². The normalized spacial score (nSPS) is 18.3. The van der Waals surface area contributed by atoms with Crippen molar-refractivity contribution in [3.05, 3.63) is 71.0 Å². The van der Waals surface area contributed by atoms with Crippen molar-refractivity contribution in [1.82, 2.24) is 20.2 Å². The highest BCUT2D eigenvalue weighted by Gasteiger charge is 2.28. The standard InChI is InChI=1S/C23H26N4O/c1-15-16(2)25-22-13-19(9-10-21(22)24-15)23(28)26-20-11-12-27(14-20)17(3)18-7-5-4-6-8-18/h4-10,13,17,20H,11-12,14H2,1-3H3,(H,26,28). The van der Waals surface area contributed by atoms with E-state index in [0.29, 0.717) is 11.6 Å². The minimum absolute atomic E-state index is 0.0406. The third-order valence-corrected chi connectivity index (χ3v) is 5.72. The lowest BCUT2D eigenvalue weighted by atomic mass is 10.1. The molecule has 0 saturated carbocycles. The van der Waals surface area contributed by atoms with Gasteiger partial charge in [-0.1, -0.05) is 30.3 Å². The van der Waals surface area contributed by atoms with Gasteiger partial charge in [0.05, 0.1) is 22.4 Å². The Balaban J connectivity index is 1.43. The van der Waals surface area contributed by atoms with E-state index in [1.54, 1.807) is 0 Å². The molecule has 2 aromatic carbocycles. The van der Waals surface area contributed by atoms with E-state index in [4.69, 9.17) is 0 Å². The zero-order valence-electron chi connectivity index (χ0n) is 16.6. The molecule has 0 spiro atoms. The third kappa shape index (κ3) is 3.76. The molecule has 5 nitrogen and oxygen atoms in total. The number of aryl methyl sites for hydroxylation is 2. The average Bonchev–Trinajstić information content (AvgIpc) is 3.17. The monoisotopic (exact) mass is 374 g/mol. The fraction of sp³-hybridized carbons (Fsp3) is 0.348. The fourth-order valence-corrected chi connectivity index (χ4v) is 3.84. The van der Waals surface area contributed by atoms with Gasteiger partial charge in [-0.05, 0) is 51.0 Å². The Bertz CT molecular complexity index is 1000. The molecular weight excluding hydrogens is 348 g/mol. The van der Waals surface area contributed by atoms with Gasteiger partial charge in [0.2, 0.25) is 0 Å². The minimum atomic E-state index is -0.0406. The zero-order chi connectivity index (χ0) is 19.7. The van der Waals surface area contributed by atoms with E-state index in [1.807, 2.05) is 38.1 Å². The summed E-state index contributed by atoms with van der Waals surface area (Å²) in [7, 11) is 0. The van der Waals surface area contributed by atoms with Crippen molar-refractivity contribution >= 4 is 16.9 Å². The van der Waals surface area contributed by atoms with Gasteiger partial charge >= 0.3 is 0 Å². The molecule has 0 bridgehead atoms. The second kappa shape index (κ2) is 7.68. The van der Waals surface area contributed by atoms with Crippen LogP contribution in [0.4, 0.5) is 0 Å². The Morgan fingerprint density at radius 2 is 1.79 bits per heavy atom. The van der Waals surface area contributed by atoms with Gasteiger partial charge in [-0.25, -0.2) is 9.97 Å². The second-order valence-corrected chi connectivity index (χ2v) is 7.64. The molecule has 2 unspecified atom stereocenters. The molecule has 1 amide bonds. The van der Waals surface area contributed by atoms with Crippen LogP contribution in [0.5, 0.6) is 0 Å². The van der Waals surface area contributed by atoms with Gasteiger partial charge in [-0.3, -0.25) is 9.69 Å². The van der Waals surface area contributed by atoms with Crippen molar-refractivity contribution in [2.75, 3.05) is 13.1 Å². The molecule has 1 fully saturated rings. The van der Waals surface area contributed by atoms with Gasteiger partial charge in [0, 0.05) is 30.7 Å². The molecule has 1 saturated heterocycles. The molecule has 4 rings (SSSR count). The van der Waals surface area contributed by atoms with Gasteiger partial charge in [0.25, 0.3) is 5.91 Å². The topological polar surface area (TPSA) is 58.1 Å². The Kier molecular flexibility index (Phi) is 5.09. The van der Waals surface area contributed by atoms with Crippen LogP contribution in [0.3, 0.4) is 0 Å². The summed E-state index contributed by atoms with van der Waals surface area (Å²) in [5.74, 6) is -0.0406. The van der Waals surface area contributed by atoms with Crippen LogP contribution in [-0.4, -0.2) is 39.9 Å². The summed E-state index contributed by atoms with van der Waals surface area (Å²) in [5, 5.41) is 3.19. The van der Waals surface area contributed by atoms with Crippen LogP contribution in [0.25, 0.3) is 11.0 Å². The third-order valence-electron chi connectivity index (χ3n) is 5.72. The number of rotatable bonds is 4. The first-order valence-corrected chi connectivity index (χ1v) is 9.86. The van der Waals surface area contributed by atoms with E-state index in [1.165, 1.54) is 5.56 Å². The molecule has 1 aliphatic heterocycles. The van der Waals surface area contributed by atoms with Gasteiger partial charge in [-0.2, -0.15) is 0 Å². The number of fused-ring (bicyclic) bond motifs is 1. The molecule has 144 valence electrons. The first-order valence-electron chi connectivity index (χ1n) is 9.86. The summed E-state index contributed by atoms with van der Waals surface area (Å²) in [6, 6.07) is 16.6. The SMILES string of the molecule is Cc1nc2ccc(C(=O)NC3CCN(C(C)c4ccccc4)C3)cc2nc1C. The number of hydrogen-bond donors (Lipinski definition) is 1. The summed E-state index contributed by atoms with van der Waals surface area (Å²) in [4.78, 5) is 24.3. The number of likely N-dealkylation sites (tertiary alicyclic amines) is 1. The number of nitrogens with zero attached hydrogens (tertiary/aromatic N) is 3. The molecule has 0 radical (unpaired) electrons. The predicted octanol–water partition coefficient (Wildman–Crippen LogP) is 3.81. The minimum Gasteiger partial charge on any atom is -0.348 e. The van der Waals surface area contributed by atoms with Crippen molar-refractivity contribution in [1.29, 1.82) is 0 Å². The van der Waals surface area contributed by atoms with Crippen LogP contribution in [0.2, 0.25) is 0 Å². The van der Waals surface area contributed by atoms with E-state index in [9.17, 15) is 4.79 Å². The summed E-state index contributed by atoms with van der Waals surface area (Å²) >= 11 is 0. The lowest BCUT2D eigenvalue weighted by Gasteiger charge is -2.24. The van der Waals surface area contributed by atoms with Crippen molar-refractivity contribution in [2.45, 2.75) is 39.3 Å². The largest absolute Gasteiger partial charge is 0.348 e. The van der Waals surface area contributed by atoms with Gasteiger partial charge in [-0.15, -0.1) is 0 Å². The second-order valence-electron chi connectivity index (χ2n) is 7.64. The number of amides is 1. The van der Waals surface area contributed by atoms with Crippen LogP contribution in [0.1, 0.15) is 46.7 Å². The van der Waals surface area contributed by atoms with Crippen LogP contribution in [0.15, 0.2) is 48.5 Å². The molecule has 3 aromatic rings. The number of carbonyl (C=O) groups excluding carboxylic acids is 1. The van der Waals surface area contributed by atoms with E-state index in [-0.39, 0.29) is 11.9 Å². The van der Waals surface area contributed by atoms with Crippen molar-refractivity contribution in [2.24, 2.45) is 0 Å². The molecule has 1 aliphatic rings. The summed E-state index contributed by atoms with van der Waals surface area (Å²) < 4.78 is 0.